The van der Waals surface area contributed by atoms with Crippen LogP contribution in [-0.2, 0) is 0 Å². The summed E-state index contributed by atoms with van der Waals surface area (Å²) in [5, 5.41) is 23.2. The summed E-state index contributed by atoms with van der Waals surface area (Å²) >= 11 is 0. The van der Waals surface area contributed by atoms with Crippen molar-refractivity contribution in [1.82, 2.24) is 9.13 Å². The molecule has 0 spiro atoms. The second-order valence-corrected chi connectivity index (χ2v) is 8.92. The molecule has 0 radical (unpaired) electrons. The molecule has 7 rings (SSSR count). The van der Waals surface area contributed by atoms with Crippen LogP contribution in [0.5, 0.6) is 0 Å². The van der Waals surface area contributed by atoms with E-state index in [1.807, 2.05) is 60.7 Å². The van der Waals surface area contributed by atoms with Crippen LogP contribution in [0, 0.1) is 16.7 Å². The molecule has 0 fully saturated rings. The molecule has 4 heteroatoms. The van der Waals surface area contributed by atoms with Crippen molar-refractivity contribution in [2.45, 2.75) is 0 Å². The standard InChI is InChI=1S/C32H20N4/c33-19-21-17-31(35-27-13-5-1-9-22(27)23-10-2-6-14-28(23)35)26(20-34)32(18-21)36-29-15-7-3-11-24(29)25-12-4-8-16-30(25)36/h1-18,20,34H. The van der Waals surface area contributed by atoms with E-state index in [1.54, 1.807) is 0 Å². The third-order valence-electron chi connectivity index (χ3n) is 7.05. The van der Waals surface area contributed by atoms with Crippen molar-refractivity contribution in [2.24, 2.45) is 0 Å². The van der Waals surface area contributed by atoms with Gasteiger partial charge in [-0.25, -0.2) is 0 Å². The first-order chi connectivity index (χ1) is 17.8. The second kappa shape index (κ2) is 7.69. The molecule has 0 bridgehead atoms. The van der Waals surface area contributed by atoms with Crippen LogP contribution in [-0.4, -0.2) is 15.3 Å². The fourth-order valence-electron chi connectivity index (χ4n) is 5.57. The molecule has 0 unspecified atom stereocenters. The topological polar surface area (TPSA) is 57.5 Å². The summed E-state index contributed by atoms with van der Waals surface area (Å²) in [7, 11) is 0. The SMILES string of the molecule is N#Cc1cc(-n2c3ccccc3c3ccccc32)c(C=N)c(-n2c3ccccc3c3ccccc32)c1. The molecule has 0 amide bonds. The molecule has 168 valence electrons. The van der Waals surface area contributed by atoms with Gasteiger partial charge in [0.05, 0.1) is 45.1 Å². The predicted molar refractivity (Wildman–Crippen MR) is 148 cm³/mol. The molecule has 2 heterocycles. The van der Waals surface area contributed by atoms with Crippen LogP contribution in [0.1, 0.15) is 11.1 Å². The number of nitrogens with zero attached hydrogens (tertiary/aromatic N) is 3. The Bertz CT molecular complexity index is 1790. The van der Waals surface area contributed by atoms with E-state index in [0.717, 1.165) is 60.5 Å². The molecule has 0 aliphatic heterocycles. The van der Waals surface area contributed by atoms with E-state index < -0.39 is 0 Å². The van der Waals surface area contributed by atoms with Crippen molar-refractivity contribution in [3.05, 3.63) is 120 Å². The van der Waals surface area contributed by atoms with Gasteiger partial charge in [0, 0.05) is 33.3 Å². The molecule has 1 N–H and O–H groups in total. The maximum Gasteiger partial charge on any atom is 0.0993 e. The zero-order valence-electron chi connectivity index (χ0n) is 19.3. The molecule has 2 aromatic heterocycles. The normalized spacial score (nSPS) is 11.4. The summed E-state index contributed by atoms with van der Waals surface area (Å²) in [5.74, 6) is 0. The van der Waals surface area contributed by atoms with E-state index in [0.29, 0.717) is 5.56 Å². The molecule has 5 aromatic carbocycles. The highest BCUT2D eigenvalue weighted by Crippen LogP contribution is 2.37. The number of nitrogens with one attached hydrogen (secondary N) is 1. The van der Waals surface area contributed by atoms with Gasteiger partial charge >= 0.3 is 0 Å². The monoisotopic (exact) mass is 460 g/mol. The predicted octanol–water partition coefficient (Wildman–Crippen LogP) is 7.75. The van der Waals surface area contributed by atoms with Crippen molar-refractivity contribution < 1.29 is 0 Å². The van der Waals surface area contributed by atoms with E-state index in [4.69, 9.17) is 5.41 Å². The van der Waals surface area contributed by atoms with Gasteiger partial charge in [0.15, 0.2) is 0 Å². The highest BCUT2D eigenvalue weighted by Gasteiger charge is 2.20. The lowest BCUT2D eigenvalue weighted by Gasteiger charge is -2.18. The van der Waals surface area contributed by atoms with Gasteiger partial charge in [0.1, 0.15) is 0 Å². The molecule has 0 aliphatic rings. The van der Waals surface area contributed by atoms with Gasteiger partial charge in [-0.3, -0.25) is 0 Å². The highest BCUT2D eigenvalue weighted by atomic mass is 15.0. The Morgan fingerprint density at radius 2 is 0.889 bits per heavy atom. The number of hydrogen-bond donors (Lipinski definition) is 1. The lowest BCUT2D eigenvalue weighted by molar-refractivity contribution is 1.12. The maximum atomic E-state index is 10.1. The van der Waals surface area contributed by atoms with Crippen LogP contribution in [0.2, 0.25) is 0 Å². The quantitative estimate of drug-likeness (QED) is 0.269. The molecule has 0 saturated heterocycles. The third-order valence-corrected chi connectivity index (χ3v) is 7.05. The molecular formula is C32H20N4. The van der Waals surface area contributed by atoms with Crippen LogP contribution in [0.4, 0.5) is 0 Å². The van der Waals surface area contributed by atoms with Crippen molar-refractivity contribution in [3.8, 4) is 17.4 Å². The smallest absolute Gasteiger partial charge is 0.0993 e. The average Bonchev–Trinajstić information content (AvgIpc) is 3.45. The molecule has 36 heavy (non-hydrogen) atoms. The second-order valence-electron chi connectivity index (χ2n) is 8.92. The van der Waals surface area contributed by atoms with Crippen LogP contribution in [0.15, 0.2) is 109 Å². The van der Waals surface area contributed by atoms with E-state index in [1.165, 1.54) is 6.21 Å². The number of para-hydroxylation sites is 4. The largest absolute Gasteiger partial charge is 0.308 e. The summed E-state index contributed by atoms with van der Waals surface area (Å²) in [4.78, 5) is 0. The van der Waals surface area contributed by atoms with Gasteiger partial charge < -0.3 is 14.5 Å². The van der Waals surface area contributed by atoms with Gasteiger partial charge in [-0.2, -0.15) is 5.26 Å². The van der Waals surface area contributed by atoms with E-state index in [9.17, 15) is 5.26 Å². The summed E-state index contributed by atoms with van der Waals surface area (Å²) in [5.41, 5.74) is 7.13. The van der Waals surface area contributed by atoms with Gasteiger partial charge in [-0.15, -0.1) is 0 Å². The lowest BCUT2D eigenvalue weighted by Crippen LogP contribution is -2.07. The average molecular weight is 461 g/mol. The summed E-state index contributed by atoms with van der Waals surface area (Å²) in [6.45, 7) is 0. The van der Waals surface area contributed by atoms with Crippen molar-refractivity contribution >= 4 is 49.8 Å². The minimum absolute atomic E-state index is 0.550. The summed E-state index contributed by atoms with van der Waals surface area (Å²) in [6.07, 6.45) is 1.42. The summed E-state index contributed by atoms with van der Waals surface area (Å²) in [6, 6.07) is 39.4. The minimum Gasteiger partial charge on any atom is -0.308 e. The zero-order valence-corrected chi connectivity index (χ0v) is 19.3. The number of rotatable bonds is 3. The first-order valence-electron chi connectivity index (χ1n) is 11.9. The fraction of sp³-hybridized carbons (Fsp3) is 0. The van der Waals surface area contributed by atoms with E-state index in [2.05, 4.69) is 63.7 Å². The van der Waals surface area contributed by atoms with Crippen LogP contribution < -0.4 is 0 Å². The van der Waals surface area contributed by atoms with Gasteiger partial charge in [0.2, 0.25) is 0 Å². The Balaban J connectivity index is 1.67. The van der Waals surface area contributed by atoms with Crippen molar-refractivity contribution in [1.29, 1.82) is 10.7 Å². The van der Waals surface area contributed by atoms with Crippen molar-refractivity contribution in [3.63, 3.8) is 0 Å². The first kappa shape index (κ1) is 20.3. The third kappa shape index (κ3) is 2.71. The maximum absolute atomic E-state index is 10.1. The highest BCUT2D eigenvalue weighted by molar-refractivity contribution is 6.12. The van der Waals surface area contributed by atoms with Crippen LogP contribution in [0.3, 0.4) is 0 Å². The number of nitriles is 1. The van der Waals surface area contributed by atoms with Gasteiger partial charge in [-0.1, -0.05) is 72.8 Å². The summed E-state index contributed by atoms with van der Waals surface area (Å²) < 4.78 is 4.37. The Hall–Kier alpha value is -5.14. The molecule has 7 aromatic rings. The molecule has 0 aliphatic carbocycles. The lowest BCUT2D eigenvalue weighted by atomic mass is 10.1. The van der Waals surface area contributed by atoms with Gasteiger partial charge in [-0.05, 0) is 36.4 Å². The Morgan fingerprint density at radius 3 is 1.19 bits per heavy atom. The van der Waals surface area contributed by atoms with Crippen molar-refractivity contribution in [2.75, 3.05) is 0 Å². The van der Waals surface area contributed by atoms with Crippen LogP contribution in [0.25, 0.3) is 55.0 Å². The van der Waals surface area contributed by atoms with E-state index in [-0.39, 0.29) is 0 Å². The number of hydrogen-bond acceptors (Lipinski definition) is 2. The van der Waals surface area contributed by atoms with Gasteiger partial charge in [0.25, 0.3) is 0 Å². The molecule has 4 nitrogen and oxygen atoms in total. The Morgan fingerprint density at radius 1 is 0.556 bits per heavy atom. The fourth-order valence-corrected chi connectivity index (χ4v) is 5.57. The first-order valence-corrected chi connectivity index (χ1v) is 11.9. The number of benzene rings is 5. The Labute approximate surface area is 207 Å². The Kier molecular flexibility index (Phi) is 4.33. The number of fused-ring (bicyclic) bond motifs is 6. The number of aromatic nitrogens is 2. The van der Waals surface area contributed by atoms with Crippen LogP contribution >= 0.6 is 0 Å². The molecular weight excluding hydrogens is 440 g/mol. The minimum atomic E-state index is 0.550. The zero-order chi connectivity index (χ0) is 24.2. The van der Waals surface area contributed by atoms with E-state index >= 15 is 0 Å². The molecule has 0 saturated carbocycles. The molecule has 0 atom stereocenters.